The van der Waals surface area contributed by atoms with E-state index >= 15 is 0 Å². The number of carbonyl (C=O) groups is 1. The van der Waals surface area contributed by atoms with Crippen LogP contribution in [0.4, 0.5) is 0 Å². The molecule has 2 aromatic carbocycles. The Morgan fingerprint density at radius 3 is 1.95 bits per heavy atom. The van der Waals surface area contributed by atoms with Crippen LogP contribution in [0, 0.1) is 5.41 Å². The Kier molecular flexibility index (Phi) is 17.4. The molecular formula is C36H55ClO6. The summed E-state index contributed by atoms with van der Waals surface area (Å²) < 4.78 is 25.1. The number of ether oxygens (including phenoxy) is 4. The van der Waals surface area contributed by atoms with Crippen LogP contribution in [0.1, 0.15) is 109 Å². The van der Waals surface area contributed by atoms with Crippen molar-refractivity contribution in [2.45, 2.75) is 117 Å². The Labute approximate surface area is 265 Å². The molecule has 1 N–H and O–H groups in total. The molecule has 0 spiro atoms. The Hall–Kier alpha value is -1.96. The molecule has 0 aliphatic rings. The first kappa shape index (κ1) is 37.2. The van der Waals surface area contributed by atoms with Crippen molar-refractivity contribution in [3.63, 3.8) is 0 Å². The van der Waals surface area contributed by atoms with Gasteiger partial charge in [0.2, 0.25) is 0 Å². The van der Waals surface area contributed by atoms with E-state index in [1.54, 1.807) is 0 Å². The van der Waals surface area contributed by atoms with Gasteiger partial charge in [-0.25, -0.2) is 0 Å². The van der Waals surface area contributed by atoms with Crippen molar-refractivity contribution < 1.29 is 28.8 Å². The van der Waals surface area contributed by atoms with Gasteiger partial charge in [0.15, 0.2) is 0 Å². The minimum Gasteiger partial charge on any atom is -0.494 e. The van der Waals surface area contributed by atoms with Gasteiger partial charge in [-0.05, 0) is 73.9 Å². The highest BCUT2D eigenvalue weighted by atomic mass is 35.5. The molecule has 0 radical (unpaired) electrons. The SMILES string of the molecule is CCCCO[C@H]([C@@H](OCCCC)[C@H](OCCCC)[C@](C)(C=O)CC)[C@@H](O)c1ccc(Cl)c(Cc2ccc(OCC)cc2)c1. The van der Waals surface area contributed by atoms with E-state index in [2.05, 4.69) is 20.8 Å². The van der Waals surface area contributed by atoms with E-state index < -0.39 is 29.8 Å². The summed E-state index contributed by atoms with van der Waals surface area (Å²) in [4.78, 5) is 12.5. The molecule has 7 heteroatoms. The van der Waals surface area contributed by atoms with Gasteiger partial charge in [0.25, 0.3) is 0 Å². The summed E-state index contributed by atoms with van der Waals surface area (Å²) in [5, 5.41) is 12.6. The van der Waals surface area contributed by atoms with E-state index in [0.717, 1.165) is 61.7 Å². The van der Waals surface area contributed by atoms with Crippen LogP contribution in [0.3, 0.4) is 0 Å². The zero-order valence-electron chi connectivity index (χ0n) is 27.3. The molecule has 0 heterocycles. The number of rotatable bonds is 23. The molecule has 5 atom stereocenters. The van der Waals surface area contributed by atoms with Gasteiger partial charge in [-0.1, -0.05) is 89.7 Å². The summed E-state index contributed by atoms with van der Waals surface area (Å²) in [5.74, 6) is 0.827. The lowest BCUT2D eigenvalue weighted by atomic mass is 9.77. The number of carbonyl (C=O) groups excluding carboxylic acids is 1. The van der Waals surface area contributed by atoms with E-state index in [-0.39, 0.29) is 0 Å². The molecule has 0 saturated carbocycles. The maximum Gasteiger partial charge on any atom is 0.128 e. The van der Waals surface area contributed by atoms with Gasteiger partial charge in [0.1, 0.15) is 30.3 Å². The second kappa shape index (κ2) is 20.1. The molecule has 0 aromatic heterocycles. The maximum atomic E-state index is 12.5. The highest BCUT2D eigenvalue weighted by Crippen LogP contribution is 2.36. The topological polar surface area (TPSA) is 74.2 Å². The number of unbranched alkanes of at least 4 members (excludes halogenated alkanes) is 3. The molecule has 0 unspecified atom stereocenters. The van der Waals surface area contributed by atoms with Crippen molar-refractivity contribution in [2.75, 3.05) is 26.4 Å². The van der Waals surface area contributed by atoms with Gasteiger partial charge in [0.05, 0.1) is 18.1 Å². The number of halogens is 1. The maximum absolute atomic E-state index is 12.5. The minimum absolute atomic E-state index is 0.462. The third-order valence-electron chi connectivity index (χ3n) is 8.07. The number of hydrogen-bond donors (Lipinski definition) is 1. The molecule has 0 bridgehead atoms. The number of benzene rings is 2. The Bertz CT molecular complexity index is 1040. The van der Waals surface area contributed by atoms with Crippen LogP contribution in [0.2, 0.25) is 5.02 Å². The molecule has 0 saturated heterocycles. The molecule has 0 aliphatic carbocycles. The Morgan fingerprint density at radius 2 is 1.42 bits per heavy atom. The van der Waals surface area contributed by atoms with Gasteiger partial charge in [-0.3, -0.25) is 0 Å². The zero-order valence-corrected chi connectivity index (χ0v) is 28.0. The second-order valence-electron chi connectivity index (χ2n) is 11.5. The first-order valence-corrected chi connectivity index (χ1v) is 16.6. The van der Waals surface area contributed by atoms with Gasteiger partial charge in [0, 0.05) is 24.8 Å². The van der Waals surface area contributed by atoms with E-state index in [1.807, 2.05) is 63.2 Å². The van der Waals surface area contributed by atoms with Crippen molar-refractivity contribution in [3.05, 3.63) is 64.2 Å². The molecule has 0 fully saturated rings. The molecule has 2 rings (SSSR count). The van der Waals surface area contributed by atoms with E-state index in [0.29, 0.717) is 49.9 Å². The zero-order chi connectivity index (χ0) is 31.7. The molecule has 0 aliphatic heterocycles. The number of hydrogen-bond acceptors (Lipinski definition) is 6. The average Bonchev–Trinajstić information content (AvgIpc) is 3.02. The number of aliphatic hydroxyl groups excluding tert-OH is 1. The molecule has 242 valence electrons. The fourth-order valence-electron chi connectivity index (χ4n) is 5.01. The van der Waals surface area contributed by atoms with Crippen molar-refractivity contribution in [1.29, 1.82) is 0 Å². The van der Waals surface area contributed by atoms with Gasteiger partial charge < -0.3 is 28.8 Å². The fraction of sp³-hybridized carbons (Fsp3) is 0.639. The lowest BCUT2D eigenvalue weighted by molar-refractivity contribution is -0.195. The van der Waals surface area contributed by atoms with E-state index in [1.165, 1.54) is 0 Å². The standard InChI is InChI=1S/C36H55ClO6/c1-7-12-21-41-33(34(42-22-13-8-2)35(43-23-14-9-3)36(6,10-4)26-38)32(39)28-17-20-31(37)29(25-28)24-27-15-18-30(19-16-27)40-11-5/h15-20,25-26,32-35,39H,7-14,21-24H2,1-6H3/t32-,33-,34+,35-,36-/m0/s1. The molecular weight excluding hydrogens is 564 g/mol. The van der Waals surface area contributed by atoms with E-state index in [9.17, 15) is 9.90 Å². The Morgan fingerprint density at radius 1 is 0.837 bits per heavy atom. The summed E-state index contributed by atoms with van der Waals surface area (Å²) >= 11 is 6.66. The minimum atomic E-state index is -1.02. The highest BCUT2D eigenvalue weighted by molar-refractivity contribution is 6.31. The van der Waals surface area contributed by atoms with Crippen LogP contribution in [0.25, 0.3) is 0 Å². The monoisotopic (exact) mass is 618 g/mol. The summed E-state index contributed by atoms with van der Waals surface area (Å²) in [6.45, 7) is 14.3. The highest BCUT2D eigenvalue weighted by Gasteiger charge is 2.46. The predicted molar refractivity (Wildman–Crippen MR) is 175 cm³/mol. The summed E-state index contributed by atoms with van der Waals surface area (Å²) in [6.07, 6.45) is 4.59. The van der Waals surface area contributed by atoms with Gasteiger partial charge in [-0.2, -0.15) is 0 Å². The first-order chi connectivity index (χ1) is 20.8. The van der Waals surface area contributed by atoms with Crippen molar-refractivity contribution in [2.24, 2.45) is 5.41 Å². The Balaban J connectivity index is 2.51. The number of aldehydes is 1. The van der Waals surface area contributed by atoms with Crippen LogP contribution >= 0.6 is 11.6 Å². The van der Waals surface area contributed by atoms with Crippen LogP contribution < -0.4 is 4.74 Å². The quantitative estimate of drug-likeness (QED) is 0.0994. The predicted octanol–water partition coefficient (Wildman–Crippen LogP) is 8.53. The van der Waals surface area contributed by atoms with Crippen LogP contribution in [0.5, 0.6) is 5.75 Å². The summed E-state index contributed by atoms with van der Waals surface area (Å²) in [7, 11) is 0. The largest absolute Gasteiger partial charge is 0.494 e. The third kappa shape index (κ3) is 11.5. The van der Waals surface area contributed by atoms with Gasteiger partial charge in [-0.15, -0.1) is 0 Å². The second-order valence-corrected chi connectivity index (χ2v) is 12.0. The third-order valence-corrected chi connectivity index (χ3v) is 8.44. The summed E-state index contributed by atoms with van der Waals surface area (Å²) in [5.41, 5.74) is 1.87. The first-order valence-electron chi connectivity index (χ1n) is 16.3. The molecule has 0 amide bonds. The van der Waals surface area contributed by atoms with Crippen molar-refractivity contribution in [1.82, 2.24) is 0 Å². The summed E-state index contributed by atoms with van der Waals surface area (Å²) in [6, 6.07) is 13.6. The molecule has 6 nitrogen and oxygen atoms in total. The molecule has 2 aromatic rings. The lowest BCUT2D eigenvalue weighted by Gasteiger charge is -2.42. The lowest BCUT2D eigenvalue weighted by Crippen LogP contribution is -2.53. The van der Waals surface area contributed by atoms with Gasteiger partial charge >= 0.3 is 0 Å². The van der Waals surface area contributed by atoms with Crippen LogP contribution in [0.15, 0.2) is 42.5 Å². The average molecular weight is 619 g/mol. The van der Waals surface area contributed by atoms with Crippen LogP contribution in [-0.2, 0) is 25.4 Å². The number of aliphatic hydroxyl groups is 1. The normalized spacial score (nSPS) is 15.8. The van der Waals surface area contributed by atoms with E-state index in [4.69, 9.17) is 30.5 Å². The smallest absolute Gasteiger partial charge is 0.128 e. The fourth-order valence-corrected chi connectivity index (χ4v) is 5.19. The van der Waals surface area contributed by atoms with Crippen LogP contribution in [-0.4, -0.2) is 56.1 Å². The van der Waals surface area contributed by atoms with Crippen molar-refractivity contribution >= 4 is 17.9 Å². The molecule has 43 heavy (non-hydrogen) atoms. The van der Waals surface area contributed by atoms with Crippen molar-refractivity contribution in [3.8, 4) is 5.75 Å².